The number of carbonyl (C=O) groups is 1. The molecule has 0 unspecified atom stereocenters. The van der Waals surface area contributed by atoms with Crippen LogP contribution in [0, 0.1) is 13.8 Å². The quantitative estimate of drug-likeness (QED) is 0.143. The van der Waals surface area contributed by atoms with Gasteiger partial charge in [0.2, 0.25) is 11.8 Å². The number of halogens is 5. The number of hydrogen-bond acceptors (Lipinski definition) is 8. The fourth-order valence-corrected chi connectivity index (χ4v) is 7.12. The molecule has 51 heavy (non-hydrogen) atoms. The second kappa shape index (κ2) is 13.7. The molecule has 0 aliphatic carbocycles. The molecule has 1 atom stereocenters. The molecule has 0 bridgehead atoms. The van der Waals surface area contributed by atoms with Gasteiger partial charge in [-0.05, 0) is 73.7 Å². The van der Waals surface area contributed by atoms with Crippen LogP contribution in [0.15, 0.2) is 57.4 Å². The van der Waals surface area contributed by atoms with Crippen molar-refractivity contribution in [1.29, 1.82) is 0 Å². The van der Waals surface area contributed by atoms with Crippen molar-refractivity contribution in [3.05, 3.63) is 76.7 Å². The van der Waals surface area contributed by atoms with Crippen LogP contribution in [0.25, 0.3) is 45.1 Å². The molecule has 5 aromatic rings. The number of likely N-dealkylation sites (tertiary alicyclic amines) is 1. The molecule has 1 saturated heterocycles. The predicted molar refractivity (Wildman–Crippen MR) is 177 cm³/mol. The van der Waals surface area contributed by atoms with Gasteiger partial charge in [0.05, 0.1) is 12.1 Å². The van der Waals surface area contributed by atoms with E-state index in [1.54, 1.807) is 15.9 Å². The topological polar surface area (TPSA) is 105 Å². The maximum atomic E-state index is 13.4. The molecule has 1 fully saturated rings. The SMILES string of the molecule is Cc1c(-c2nc3c(o2)CCN(CCC(F)(F)F)C3)cccc1-c1cccc(-c2nc3cc(CN4CCC[C@H]4C(=O)O)c(OC(F)F)cc3o2)c1C. The highest BCUT2D eigenvalue weighted by Crippen LogP contribution is 2.39. The highest BCUT2D eigenvalue weighted by atomic mass is 19.4. The first-order valence-electron chi connectivity index (χ1n) is 16.7. The summed E-state index contributed by atoms with van der Waals surface area (Å²) >= 11 is 0. The summed E-state index contributed by atoms with van der Waals surface area (Å²) in [6.07, 6.45) is -3.46. The van der Waals surface area contributed by atoms with Crippen LogP contribution in [-0.2, 0) is 24.3 Å². The second-order valence-electron chi connectivity index (χ2n) is 13.0. The zero-order chi connectivity index (χ0) is 36.0. The third kappa shape index (κ3) is 7.20. The van der Waals surface area contributed by atoms with Gasteiger partial charge in [-0.25, -0.2) is 9.97 Å². The van der Waals surface area contributed by atoms with E-state index in [-0.39, 0.29) is 36.9 Å². The normalized spacial score (nSPS) is 17.1. The number of rotatable bonds is 10. The number of hydrogen-bond donors (Lipinski definition) is 1. The van der Waals surface area contributed by atoms with Crippen molar-refractivity contribution in [3.63, 3.8) is 0 Å². The lowest BCUT2D eigenvalue weighted by atomic mass is 9.91. The Balaban J connectivity index is 1.19. The van der Waals surface area contributed by atoms with Crippen molar-refractivity contribution in [2.45, 2.75) is 71.4 Å². The molecule has 1 N–H and O–H groups in total. The van der Waals surface area contributed by atoms with Crippen molar-refractivity contribution in [2.75, 3.05) is 19.6 Å². The number of ether oxygens (including phenoxy) is 1. The number of nitrogens with zero attached hydrogens (tertiary/aromatic N) is 4. The van der Waals surface area contributed by atoms with E-state index in [4.69, 9.17) is 23.5 Å². The van der Waals surface area contributed by atoms with E-state index in [0.29, 0.717) is 66.3 Å². The van der Waals surface area contributed by atoms with E-state index in [2.05, 4.69) is 0 Å². The third-order valence-electron chi connectivity index (χ3n) is 9.75. The summed E-state index contributed by atoms with van der Waals surface area (Å²) in [5.74, 6) is 0.305. The zero-order valence-corrected chi connectivity index (χ0v) is 27.9. The maximum absolute atomic E-state index is 13.4. The van der Waals surface area contributed by atoms with Gasteiger partial charge in [0, 0.05) is 55.4 Å². The van der Waals surface area contributed by atoms with Crippen molar-refractivity contribution in [2.24, 2.45) is 0 Å². The van der Waals surface area contributed by atoms with Crippen LogP contribution < -0.4 is 4.74 Å². The number of aliphatic carboxylic acids is 1. The van der Waals surface area contributed by atoms with Gasteiger partial charge in [0.25, 0.3) is 0 Å². The first-order chi connectivity index (χ1) is 24.3. The average Bonchev–Trinajstić information content (AvgIpc) is 3.82. The summed E-state index contributed by atoms with van der Waals surface area (Å²) in [6.45, 7) is 2.08. The summed E-state index contributed by atoms with van der Waals surface area (Å²) < 4.78 is 82.4. The Morgan fingerprint density at radius 2 is 1.65 bits per heavy atom. The molecule has 268 valence electrons. The van der Waals surface area contributed by atoms with Crippen molar-refractivity contribution < 1.29 is 45.4 Å². The Labute approximate surface area is 289 Å². The summed E-state index contributed by atoms with van der Waals surface area (Å²) in [7, 11) is 0. The zero-order valence-electron chi connectivity index (χ0n) is 27.9. The molecule has 7 rings (SSSR count). The van der Waals surface area contributed by atoms with Gasteiger partial charge in [0.1, 0.15) is 23.1 Å². The standard InChI is InChI=1S/C37H35F5N4O5/c1-20-23(24-7-4-9-26(21(24)2)34-44-28-19-45(14-11-30(28)49-34)15-12-37(40,41)42)6-3-8-25(20)33-43-27-16-22(18-46-13-5-10-29(46)35(47)48)31(51-36(38)39)17-32(27)50-33/h3-4,6-9,16-17,29,36H,5,10-15,18-19H2,1-2H3,(H,47,48)/t29-/m0/s1. The highest BCUT2D eigenvalue weighted by Gasteiger charge is 2.32. The summed E-state index contributed by atoms with van der Waals surface area (Å²) in [5, 5.41) is 9.62. The summed E-state index contributed by atoms with van der Waals surface area (Å²) in [4.78, 5) is 24.6. The van der Waals surface area contributed by atoms with Gasteiger partial charge in [-0.1, -0.05) is 24.3 Å². The Bertz CT molecular complexity index is 2090. The predicted octanol–water partition coefficient (Wildman–Crippen LogP) is 8.39. The van der Waals surface area contributed by atoms with Gasteiger partial charge < -0.3 is 18.7 Å². The van der Waals surface area contributed by atoms with Crippen LogP contribution in [0.4, 0.5) is 22.0 Å². The number of carboxylic acids is 1. The molecule has 0 spiro atoms. The molecule has 9 nitrogen and oxygen atoms in total. The summed E-state index contributed by atoms with van der Waals surface area (Å²) in [5.41, 5.74) is 6.67. The molecule has 2 aromatic heterocycles. The van der Waals surface area contributed by atoms with Gasteiger partial charge in [-0.3, -0.25) is 14.6 Å². The van der Waals surface area contributed by atoms with Crippen LogP contribution >= 0.6 is 0 Å². The molecule has 14 heteroatoms. The molecule has 3 aromatic carbocycles. The van der Waals surface area contributed by atoms with Crippen molar-refractivity contribution in [1.82, 2.24) is 19.8 Å². The number of oxazole rings is 2. The molecule has 0 radical (unpaired) electrons. The molecular weight excluding hydrogens is 675 g/mol. The van der Waals surface area contributed by atoms with Gasteiger partial charge in [0.15, 0.2) is 5.58 Å². The minimum atomic E-state index is -4.22. The van der Waals surface area contributed by atoms with Crippen molar-refractivity contribution >= 4 is 17.1 Å². The Hall–Kier alpha value is -4.82. The van der Waals surface area contributed by atoms with Gasteiger partial charge in [-0.15, -0.1) is 0 Å². The number of fused-ring (bicyclic) bond motifs is 2. The molecule has 0 saturated carbocycles. The lowest BCUT2D eigenvalue weighted by Crippen LogP contribution is -2.35. The fraction of sp³-hybridized carbons (Fsp3) is 0.378. The molecule has 4 heterocycles. The van der Waals surface area contributed by atoms with Crippen LogP contribution in [0.1, 0.15) is 47.4 Å². The second-order valence-corrected chi connectivity index (χ2v) is 13.0. The Morgan fingerprint density at radius 3 is 2.29 bits per heavy atom. The van der Waals surface area contributed by atoms with E-state index >= 15 is 0 Å². The molecule has 2 aliphatic rings. The number of carboxylic acid groups (broad SMARTS) is 1. The number of alkyl halides is 5. The molecule has 0 amide bonds. The van der Waals surface area contributed by atoms with Gasteiger partial charge >= 0.3 is 18.8 Å². The van der Waals surface area contributed by atoms with E-state index < -0.39 is 31.2 Å². The Morgan fingerprint density at radius 1 is 0.980 bits per heavy atom. The van der Waals surface area contributed by atoms with Crippen LogP contribution in [0.5, 0.6) is 5.75 Å². The van der Waals surface area contributed by atoms with Crippen molar-refractivity contribution in [3.8, 4) is 39.8 Å². The van der Waals surface area contributed by atoms with E-state index in [1.165, 1.54) is 6.07 Å². The summed E-state index contributed by atoms with van der Waals surface area (Å²) in [6, 6.07) is 13.7. The first kappa shape index (κ1) is 34.6. The first-order valence-corrected chi connectivity index (χ1v) is 16.7. The lowest BCUT2D eigenvalue weighted by molar-refractivity contribution is -0.142. The lowest BCUT2D eigenvalue weighted by Gasteiger charge is -2.25. The number of aromatic nitrogens is 2. The van der Waals surface area contributed by atoms with Crippen LogP contribution in [0.3, 0.4) is 0 Å². The fourth-order valence-electron chi connectivity index (χ4n) is 7.12. The largest absolute Gasteiger partial charge is 0.480 e. The Kier molecular flexibility index (Phi) is 9.31. The van der Waals surface area contributed by atoms with Crippen LogP contribution in [-0.4, -0.2) is 69.3 Å². The smallest absolute Gasteiger partial charge is 0.390 e. The monoisotopic (exact) mass is 710 g/mol. The number of benzene rings is 3. The maximum Gasteiger partial charge on any atom is 0.390 e. The third-order valence-corrected chi connectivity index (χ3v) is 9.75. The van der Waals surface area contributed by atoms with Gasteiger partial charge in [-0.2, -0.15) is 22.0 Å². The minimum Gasteiger partial charge on any atom is -0.480 e. The average molecular weight is 711 g/mol. The van der Waals surface area contributed by atoms with E-state index in [9.17, 15) is 31.9 Å². The van der Waals surface area contributed by atoms with E-state index in [1.807, 2.05) is 50.2 Å². The van der Waals surface area contributed by atoms with Crippen LogP contribution in [0.2, 0.25) is 0 Å². The highest BCUT2D eigenvalue weighted by molar-refractivity contribution is 5.84. The minimum absolute atomic E-state index is 0.0903. The molecular formula is C37H35F5N4O5. The van der Waals surface area contributed by atoms with E-state index in [0.717, 1.165) is 27.8 Å². The molecule has 2 aliphatic heterocycles.